The van der Waals surface area contributed by atoms with Gasteiger partial charge in [-0.3, -0.25) is 0 Å². The Balaban J connectivity index is 1.10. The van der Waals surface area contributed by atoms with Gasteiger partial charge in [0.25, 0.3) is 0 Å². The summed E-state index contributed by atoms with van der Waals surface area (Å²) in [6, 6.07) is 16.4. The van der Waals surface area contributed by atoms with Crippen LogP contribution in [-0.2, 0) is 0 Å². The molecule has 0 fully saturated rings. The van der Waals surface area contributed by atoms with Crippen LogP contribution in [0.1, 0.15) is 25.7 Å². The summed E-state index contributed by atoms with van der Waals surface area (Å²) < 4.78 is 0. The number of benzene rings is 2. The van der Waals surface area contributed by atoms with Gasteiger partial charge in [-0.05, 0) is 37.1 Å². The second-order valence-corrected chi connectivity index (χ2v) is 8.40. The molecule has 0 aliphatic heterocycles. The van der Waals surface area contributed by atoms with Gasteiger partial charge in [-0.2, -0.15) is 0 Å². The van der Waals surface area contributed by atoms with Crippen molar-refractivity contribution >= 4 is 45.6 Å². The first-order valence-electron chi connectivity index (χ1n) is 9.03. The number of thioether (sulfide) groups is 2. The molecular weight excluding hydrogens is 360 g/mol. The van der Waals surface area contributed by atoms with Crippen LogP contribution in [0.4, 0.5) is 0 Å². The largest absolute Gasteiger partial charge is 0.333 e. The lowest BCUT2D eigenvalue weighted by molar-refractivity contribution is 0.710. The van der Waals surface area contributed by atoms with Gasteiger partial charge in [-0.25, -0.2) is 9.97 Å². The fourth-order valence-electron chi connectivity index (χ4n) is 2.89. The molecule has 4 aromatic rings. The first-order chi connectivity index (χ1) is 12.9. The Labute approximate surface area is 161 Å². The molecule has 0 atom stereocenters. The average molecular weight is 383 g/mol. The molecule has 2 aromatic carbocycles. The fraction of sp³-hybridized carbons (Fsp3) is 0.300. The minimum absolute atomic E-state index is 1.03. The Hall–Kier alpha value is -1.92. The van der Waals surface area contributed by atoms with E-state index in [0.717, 1.165) is 43.9 Å². The molecule has 26 heavy (non-hydrogen) atoms. The van der Waals surface area contributed by atoms with Crippen molar-refractivity contribution in [3.63, 3.8) is 0 Å². The summed E-state index contributed by atoms with van der Waals surface area (Å²) in [6.07, 6.45) is 5.01. The highest BCUT2D eigenvalue weighted by Crippen LogP contribution is 2.22. The van der Waals surface area contributed by atoms with E-state index in [9.17, 15) is 0 Å². The van der Waals surface area contributed by atoms with Crippen LogP contribution in [-0.4, -0.2) is 31.4 Å². The van der Waals surface area contributed by atoms with E-state index >= 15 is 0 Å². The molecule has 0 aliphatic carbocycles. The highest BCUT2D eigenvalue weighted by atomic mass is 32.2. The molecule has 134 valence electrons. The summed E-state index contributed by atoms with van der Waals surface area (Å²) in [6.45, 7) is 0. The van der Waals surface area contributed by atoms with E-state index in [2.05, 4.69) is 44.2 Å². The van der Waals surface area contributed by atoms with E-state index in [0.29, 0.717) is 0 Å². The minimum Gasteiger partial charge on any atom is -0.333 e. The number of imidazole rings is 2. The molecule has 0 aliphatic rings. The van der Waals surface area contributed by atoms with Crippen molar-refractivity contribution in [3.8, 4) is 0 Å². The van der Waals surface area contributed by atoms with Crippen LogP contribution in [0.15, 0.2) is 58.8 Å². The van der Waals surface area contributed by atoms with Gasteiger partial charge in [0.1, 0.15) is 0 Å². The van der Waals surface area contributed by atoms with Crippen LogP contribution in [0.2, 0.25) is 0 Å². The number of para-hydroxylation sites is 4. The maximum Gasteiger partial charge on any atom is 0.166 e. The standard InChI is InChI=1S/C20H22N4S2/c1(7-13-25-19-21-15-9-3-4-10-16(15)22-19)2-8-14-26-20-23-17-11-5-6-12-18(17)24-20/h3-6,9-12H,1-2,7-8,13-14H2,(H,21,22)(H,23,24). The minimum atomic E-state index is 1.03. The Bertz CT molecular complexity index is 830. The summed E-state index contributed by atoms with van der Waals surface area (Å²) in [5, 5.41) is 2.07. The van der Waals surface area contributed by atoms with Gasteiger partial charge in [0.05, 0.1) is 22.1 Å². The summed E-state index contributed by atoms with van der Waals surface area (Å²) in [5.41, 5.74) is 4.35. The van der Waals surface area contributed by atoms with E-state index < -0.39 is 0 Å². The SMILES string of the molecule is c1ccc2[nH]c(SCCCCCCSc3nc4ccccc4[nH]3)nc2c1. The van der Waals surface area contributed by atoms with Crippen molar-refractivity contribution < 1.29 is 0 Å². The zero-order valence-electron chi connectivity index (χ0n) is 14.6. The van der Waals surface area contributed by atoms with Gasteiger partial charge in [-0.15, -0.1) is 0 Å². The van der Waals surface area contributed by atoms with Gasteiger partial charge in [0, 0.05) is 11.5 Å². The maximum atomic E-state index is 4.61. The van der Waals surface area contributed by atoms with E-state index in [1.165, 1.54) is 25.7 Å². The molecule has 0 radical (unpaired) electrons. The maximum absolute atomic E-state index is 4.61. The van der Waals surface area contributed by atoms with Gasteiger partial charge >= 0.3 is 0 Å². The lowest BCUT2D eigenvalue weighted by Gasteiger charge is -2.00. The number of H-pyrrole nitrogens is 2. The highest BCUT2D eigenvalue weighted by molar-refractivity contribution is 7.99. The summed E-state index contributed by atoms with van der Waals surface area (Å²) in [5.74, 6) is 2.24. The monoisotopic (exact) mass is 382 g/mol. The third-order valence-corrected chi connectivity index (χ3v) is 6.17. The Kier molecular flexibility index (Phi) is 5.82. The summed E-state index contributed by atoms with van der Waals surface area (Å²) in [4.78, 5) is 16.0. The molecule has 2 heterocycles. The molecule has 0 unspecified atom stereocenters. The predicted molar refractivity (Wildman–Crippen MR) is 112 cm³/mol. The number of aromatic nitrogens is 4. The molecule has 0 saturated carbocycles. The van der Waals surface area contributed by atoms with Crippen LogP contribution < -0.4 is 0 Å². The smallest absolute Gasteiger partial charge is 0.166 e. The summed E-state index contributed by atoms with van der Waals surface area (Å²) >= 11 is 3.64. The van der Waals surface area contributed by atoms with E-state index in [4.69, 9.17) is 0 Å². The van der Waals surface area contributed by atoms with Crippen LogP contribution in [0, 0.1) is 0 Å². The topological polar surface area (TPSA) is 57.4 Å². The lowest BCUT2D eigenvalue weighted by atomic mass is 10.2. The average Bonchev–Trinajstić information content (AvgIpc) is 3.26. The van der Waals surface area contributed by atoms with Crippen molar-refractivity contribution in [2.75, 3.05) is 11.5 Å². The van der Waals surface area contributed by atoms with E-state index in [-0.39, 0.29) is 0 Å². The van der Waals surface area contributed by atoms with Crippen molar-refractivity contribution in [2.45, 2.75) is 36.0 Å². The molecule has 4 rings (SSSR count). The van der Waals surface area contributed by atoms with Crippen LogP contribution in [0.5, 0.6) is 0 Å². The normalized spacial score (nSPS) is 11.5. The number of hydrogen-bond acceptors (Lipinski definition) is 4. The van der Waals surface area contributed by atoms with Crippen LogP contribution >= 0.6 is 23.5 Å². The van der Waals surface area contributed by atoms with Crippen molar-refractivity contribution in [3.05, 3.63) is 48.5 Å². The number of nitrogens with one attached hydrogen (secondary N) is 2. The van der Waals surface area contributed by atoms with Crippen molar-refractivity contribution in [2.24, 2.45) is 0 Å². The first-order valence-corrected chi connectivity index (χ1v) is 11.0. The molecule has 4 nitrogen and oxygen atoms in total. The number of rotatable bonds is 9. The van der Waals surface area contributed by atoms with Gasteiger partial charge < -0.3 is 9.97 Å². The molecule has 0 bridgehead atoms. The highest BCUT2D eigenvalue weighted by Gasteiger charge is 2.03. The second kappa shape index (κ2) is 8.64. The zero-order valence-corrected chi connectivity index (χ0v) is 16.2. The van der Waals surface area contributed by atoms with Crippen LogP contribution in [0.25, 0.3) is 22.1 Å². The quantitative estimate of drug-likeness (QED) is 0.280. The number of fused-ring (bicyclic) bond motifs is 2. The zero-order chi connectivity index (χ0) is 17.6. The molecule has 6 heteroatoms. The van der Waals surface area contributed by atoms with Gasteiger partial charge in [0.2, 0.25) is 0 Å². The van der Waals surface area contributed by atoms with E-state index in [1.807, 2.05) is 47.8 Å². The van der Waals surface area contributed by atoms with Gasteiger partial charge in [0.15, 0.2) is 10.3 Å². The van der Waals surface area contributed by atoms with E-state index in [1.54, 1.807) is 0 Å². The molecule has 0 amide bonds. The molecule has 2 aromatic heterocycles. The van der Waals surface area contributed by atoms with Crippen LogP contribution in [0.3, 0.4) is 0 Å². The number of aromatic amines is 2. The lowest BCUT2D eigenvalue weighted by Crippen LogP contribution is -1.86. The number of hydrogen-bond donors (Lipinski definition) is 2. The number of unbranched alkanes of at least 4 members (excludes halogenated alkanes) is 3. The third-order valence-electron chi connectivity index (χ3n) is 4.25. The predicted octanol–water partition coefficient (Wildman–Crippen LogP) is 5.88. The first kappa shape index (κ1) is 17.5. The Morgan fingerprint density at radius 1 is 0.615 bits per heavy atom. The molecule has 0 spiro atoms. The Morgan fingerprint density at radius 3 is 1.54 bits per heavy atom. The molecular formula is C20H22N4S2. The molecule has 0 saturated heterocycles. The second-order valence-electron chi connectivity index (χ2n) is 6.23. The van der Waals surface area contributed by atoms with Crippen molar-refractivity contribution in [1.29, 1.82) is 0 Å². The number of nitrogens with zero attached hydrogens (tertiary/aromatic N) is 2. The Morgan fingerprint density at radius 2 is 1.08 bits per heavy atom. The van der Waals surface area contributed by atoms with Crippen molar-refractivity contribution in [1.82, 2.24) is 19.9 Å². The fourth-order valence-corrected chi connectivity index (χ4v) is 4.66. The molecule has 2 N–H and O–H groups in total. The third kappa shape index (κ3) is 4.43. The van der Waals surface area contributed by atoms with Gasteiger partial charge in [-0.1, -0.05) is 60.6 Å². The summed E-state index contributed by atoms with van der Waals surface area (Å²) in [7, 11) is 0.